The van der Waals surface area contributed by atoms with Gasteiger partial charge in [-0.05, 0) is 34.1 Å². The van der Waals surface area contributed by atoms with Crippen LogP contribution in [0, 0.1) is 5.41 Å². The van der Waals surface area contributed by atoms with E-state index in [2.05, 4.69) is 6.92 Å². The van der Waals surface area contributed by atoms with E-state index in [4.69, 9.17) is 4.74 Å². The molecule has 1 atom stereocenters. The zero-order valence-corrected chi connectivity index (χ0v) is 12.0. The first-order valence-electron chi connectivity index (χ1n) is 6.69. The molecule has 0 fully saturated rings. The van der Waals surface area contributed by atoms with E-state index in [0.717, 1.165) is 12.8 Å². The van der Waals surface area contributed by atoms with Crippen molar-refractivity contribution in [2.45, 2.75) is 72.3 Å². The summed E-state index contributed by atoms with van der Waals surface area (Å²) in [5.74, 6) is -0.319. The third kappa shape index (κ3) is 4.66. The fourth-order valence-electron chi connectivity index (χ4n) is 1.74. The molecule has 0 radical (unpaired) electrons. The van der Waals surface area contributed by atoms with E-state index in [9.17, 15) is 9.90 Å². The Morgan fingerprint density at radius 2 is 1.71 bits per heavy atom. The largest absolute Gasteiger partial charge is 0.465 e. The second-order valence-corrected chi connectivity index (χ2v) is 5.43. The first kappa shape index (κ1) is 16.4. The average molecular weight is 244 g/mol. The second-order valence-electron chi connectivity index (χ2n) is 5.43. The molecule has 1 unspecified atom stereocenters. The summed E-state index contributed by atoms with van der Waals surface area (Å²) >= 11 is 0. The minimum Gasteiger partial charge on any atom is -0.465 e. The van der Waals surface area contributed by atoms with Crippen LogP contribution in [-0.2, 0) is 9.53 Å². The van der Waals surface area contributed by atoms with Gasteiger partial charge in [0.15, 0.2) is 0 Å². The van der Waals surface area contributed by atoms with Gasteiger partial charge < -0.3 is 9.84 Å². The first-order valence-corrected chi connectivity index (χ1v) is 6.69. The number of ether oxygens (including phenoxy) is 1. The van der Waals surface area contributed by atoms with E-state index in [1.165, 1.54) is 12.8 Å². The van der Waals surface area contributed by atoms with Gasteiger partial charge in [0.25, 0.3) is 0 Å². The summed E-state index contributed by atoms with van der Waals surface area (Å²) in [4.78, 5) is 11.8. The molecule has 17 heavy (non-hydrogen) atoms. The van der Waals surface area contributed by atoms with E-state index >= 15 is 0 Å². The van der Waals surface area contributed by atoms with Crippen LogP contribution in [0.25, 0.3) is 0 Å². The van der Waals surface area contributed by atoms with Gasteiger partial charge in [0, 0.05) is 0 Å². The Hall–Kier alpha value is -0.570. The Kier molecular flexibility index (Phi) is 6.76. The molecule has 3 nitrogen and oxygen atoms in total. The molecular formula is C14H28O3. The van der Waals surface area contributed by atoms with E-state index in [1.54, 1.807) is 27.7 Å². The lowest BCUT2D eigenvalue weighted by Gasteiger charge is -2.38. The van der Waals surface area contributed by atoms with Crippen molar-refractivity contribution in [2.24, 2.45) is 5.41 Å². The Balaban J connectivity index is 4.39. The van der Waals surface area contributed by atoms with Crippen molar-refractivity contribution in [3.8, 4) is 0 Å². The molecule has 0 heterocycles. The number of aliphatic hydroxyl groups is 1. The SMILES string of the molecule is CCCCCCC(C)(O)C(C)(C)C(=O)OCC. The Morgan fingerprint density at radius 1 is 1.12 bits per heavy atom. The number of hydrogen-bond acceptors (Lipinski definition) is 3. The zero-order valence-electron chi connectivity index (χ0n) is 12.0. The molecule has 0 saturated heterocycles. The minimum absolute atomic E-state index is 0.319. The second kappa shape index (κ2) is 7.00. The van der Waals surface area contributed by atoms with Crippen LogP contribution in [0.4, 0.5) is 0 Å². The third-order valence-electron chi connectivity index (χ3n) is 3.65. The first-order chi connectivity index (χ1) is 7.79. The minimum atomic E-state index is -1.01. The number of esters is 1. The van der Waals surface area contributed by atoms with Crippen molar-refractivity contribution >= 4 is 5.97 Å². The molecule has 102 valence electrons. The topological polar surface area (TPSA) is 46.5 Å². The van der Waals surface area contributed by atoms with Crippen LogP contribution < -0.4 is 0 Å². The van der Waals surface area contributed by atoms with Crippen LogP contribution in [0.1, 0.15) is 66.7 Å². The van der Waals surface area contributed by atoms with E-state index in [-0.39, 0.29) is 5.97 Å². The van der Waals surface area contributed by atoms with Gasteiger partial charge in [-0.2, -0.15) is 0 Å². The molecule has 3 heteroatoms. The van der Waals surface area contributed by atoms with Crippen molar-refractivity contribution in [2.75, 3.05) is 6.61 Å². The molecule has 0 aromatic carbocycles. The monoisotopic (exact) mass is 244 g/mol. The summed E-state index contributed by atoms with van der Waals surface area (Å²) in [5, 5.41) is 10.4. The molecular weight excluding hydrogens is 216 g/mol. The number of hydrogen-bond donors (Lipinski definition) is 1. The highest BCUT2D eigenvalue weighted by Crippen LogP contribution is 2.36. The summed E-state index contributed by atoms with van der Waals surface area (Å²) in [7, 11) is 0. The highest BCUT2D eigenvalue weighted by atomic mass is 16.5. The lowest BCUT2D eigenvalue weighted by Crippen LogP contribution is -2.48. The smallest absolute Gasteiger partial charge is 0.314 e. The summed E-state index contributed by atoms with van der Waals surface area (Å²) in [6.45, 7) is 9.53. The Morgan fingerprint density at radius 3 is 2.18 bits per heavy atom. The van der Waals surface area contributed by atoms with Crippen molar-refractivity contribution in [3.63, 3.8) is 0 Å². The Bertz CT molecular complexity index is 232. The van der Waals surface area contributed by atoms with Crippen LogP contribution >= 0.6 is 0 Å². The van der Waals surface area contributed by atoms with Crippen LogP contribution in [0.3, 0.4) is 0 Å². The maximum absolute atomic E-state index is 11.8. The van der Waals surface area contributed by atoms with Crippen molar-refractivity contribution < 1.29 is 14.6 Å². The number of carbonyl (C=O) groups is 1. The van der Waals surface area contributed by atoms with Crippen LogP contribution in [0.2, 0.25) is 0 Å². The zero-order chi connectivity index (χ0) is 13.5. The molecule has 0 aromatic heterocycles. The van der Waals surface area contributed by atoms with Gasteiger partial charge in [-0.25, -0.2) is 0 Å². The van der Waals surface area contributed by atoms with Crippen LogP contribution in [-0.4, -0.2) is 23.3 Å². The third-order valence-corrected chi connectivity index (χ3v) is 3.65. The molecule has 0 bridgehead atoms. The maximum atomic E-state index is 11.8. The van der Waals surface area contributed by atoms with E-state index < -0.39 is 11.0 Å². The summed E-state index contributed by atoms with van der Waals surface area (Å²) in [6.07, 6.45) is 5.04. The van der Waals surface area contributed by atoms with Crippen LogP contribution in [0.5, 0.6) is 0 Å². The predicted octanol–water partition coefficient (Wildman–Crippen LogP) is 3.30. The summed E-state index contributed by atoms with van der Waals surface area (Å²) in [5.41, 5.74) is -1.86. The van der Waals surface area contributed by atoms with Gasteiger partial charge in [0.2, 0.25) is 0 Å². The highest BCUT2D eigenvalue weighted by molar-refractivity contribution is 5.77. The van der Waals surface area contributed by atoms with Gasteiger partial charge in [-0.3, -0.25) is 4.79 Å². The Labute approximate surface area is 106 Å². The van der Waals surface area contributed by atoms with Gasteiger partial charge in [0.1, 0.15) is 0 Å². The number of rotatable bonds is 8. The van der Waals surface area contributed by atoms with Crippen molar-refractivity contribution in [3.05, 3.63) is 0 Å². The van der Waals surface area contributed by atoms with E-state index in [0.29, 0.717) is 13.0 Å². The molecule has 1 N–H and O–H groups in total. The molecule has 0 aromatic rings. The molecule has 0 aliphatic carbocycles. The summed E-state index contributed by atoms with van der Waals surface area (Å²) in [6, 6.07) is 0. The fraction of sp³-hybridized carbons (Fsp3) is 0.929. The van der Waals surface area contributed by atoms with Crippen molar-refractivity contribution in [1.29, 1.82) is 0 Å². The quantitative estimate of drug-likeness (QED) is 0.526. The van der Waals surface area contributed by atoms with Gasteiger partial charge in [-0.1, -0.05) is 32.6 Å². The molecule has 0 aliphatic rings. The standard InChI is InChI=1S/C14H28O3/c1-6-8-9-10-11-14(5,16)13(3,4)12(15)17-7-2/h16H,6-11H2,1-5H3. The number of carbonyl (C=O) groups excluding carboxylic acids is 1. The molecule has 0 rings (SSSR count). The van der Waals surface area contributed by atoms with Crippen molar-refractivity contribution in [1.82, 2.24) is 0 Å². The van der Waals surface area contributed by atoms with Gasteiger partial charge in [-0.15, -0.1) is 0 Å². The predicted molar refractivity (Wildman–Crippen MR) is 69.8 cm³/mol. The normalized spacial score (nSPS) is 15.4. The van der Waals surface area contributed by atoms with Gasteiger partial charge >= 0.3 is 5.97 Å². The molecule has 0 amide bonds. The average Bonchev–Trinajstić information content (AvgIpc) is 2.24. The highest BCUT2D eigenvalue weighted by Gasteiger charge is 2.45. The fourth-order valence-corrected chi connectivity index (χ4v) is 1.74. The van der Waals surface area contributed by atoms with Gasteiger partial charge in [0.05, 0.1) is 17.6 Å². The lowest BCUT2D eigenvalue weighted by atomic mass is 9.73. The molecule has 0 aliphatic heterocycles. The number of unbranched alkanes of at least 4 members (excludes halogenated alkanes) is 3. The maximum Gasteiger partial charge on any atom is 0.314 e. The lowest BCUT2D eigenvalue weighted by molar-refractivity contribution is -0.169. The summed E-state index contributed by atoms with van der Waals surface area (Å²) < 4.78 is 5.02. The molecule has 0 saturated carbocycles. The molecule has 0 spiro atoms. The van der Waals surface area contributed by atoms with Crippen LogP contribution in [0.15, 0.2) is 0 Å². The van der Waals surface area contributed by atoms with E-state index in [1.807, 2.05) is 0 Å².